The van der Waals surface area contributed by atoms with Crippen LogP contribution < -0.4 is 4.90 Å². The summed E-state index contributed by atoms with van der Waals surface area (Å²) < 4.78 is 0. The van der Waals surface area contributed by atoms with E-state index in [1.165, 1.54) is 16.2 Å². The van der Waals surface area contributed by atoms with Gasteiger partial charge in [-0.3, -0.25) is 4.99 Å². The van der Waals surface area contributed by atoms with Crippen molar-refractivity contribution in [2.75, 3.05) is 19.6 Å². The lowest BCUT2D eigenvalue weighted by Crippen LogP contribution is -3.12. The summed E-state index contributed by atoms with van der Waals surface area (Å²) in [6.45, 7) is 8.86. The first-order valence-corrected chi connectivity index (χ1v) is 9.77. The van der Waals surface area contributed by atoms with E-state index in [0.717, 1.165) is 34.4 Å². The molecule has 25 heavy (non-hydrogen) atoms. The number of quaternary nitrogens is 1. The summed E-state index contributed by atoms with van der Waals surface area (Å²) in [4.78, 5) is 10.4. The van der Waals surface area contributed by atoms with E-state index in [4.69, 9.17) is 11.6 Å². The van der Waals surface area contributed by atoms with Gasteiger partial charge < -0.3 is 4.90 Å². The summed E-state index contributed by atoms with van der Waals surface area (Å²) in [5, 5.41) is 12.9. The van der Waals surface area contributed by atoms with Crippen molar-refractivity contribution in [3.63, 3.8) is 0 Å². The normalized spacial score (nSPS) is 13.9. The van der Waals surface area contributed by atoms with Gasteiger partial charge in [-0.15, -0.1) is 11.3 Å². The van der Waals surface area contributed by atoms with Gasteiger partial charge in [0.25, 0.3) is 0 Å². The zero-order chi connectivity index (χ0) is 18.2. The molecular weight excluding hydrogens is 352 g/mol. The molecule has 1 aromatic heterocycles. The highest BCUT2D eigenvalue weighted by atomic mass is 35.5. The minimum atomic E-state index is -0.391. The van der Waals surface area contributed by atoms with Crippen LogP contribution in [0.25, 0.3) is 0 Å². The van der Waals surface area contributed by atoms with Gasteiger partial charge in [0.1, 0.15) is 17.0 Å². The molecular formula is C19H24ClN4S+. The number of aryl methyl sites for hydroxylation is 1. The SMILES string of the molecule is CC[NH+](CC)[C@H](CN=CC(C#N)c1nc(C)cs1)c1ccccc1Cl. The van der Waals surface area contributed by atoms with E-state index in [2.05, 4.69) is 36.0 Å². The molecule has 6 heteroatoms. The first-order chi connectivity index (χ1) is 12.1. The Morgan fingerprint density at radius 3 is 2.64 bits per heavy atom. The maximum Gasteiger partial charge on any atom is 0.134 e. The fourth-order valence-corrected chi connectivity index (χ4v) is 3.96. The van der Waals surface area contributed by atoms with E-state index >= 15 is 0 Å². The second-order valence-corrected chi connectivity index (χ2v) is 7.18. The summed E-state index contributed by atoms with van der Waals surface area (Å²) >= 11 is 7.92. The number of aromatic nitrogens is 1. The molecule has 0 aliphatic carbocycles. The molecule has 1 N–H and O–H groups in total. The average molecular weight is 376 g/mol. The molecule has 1 heterocycles. The van der Waals surface area contributed by atoms with Crippen molar-refractivity contribution in [2.45, 2.75) is 32.7 Å². The molecule has 1 aromatic carbocycles. The largest absolute Gasteiger partial charge is 0.328 e. The predicted molar refractivity (Wildman–Crippen MR) is 105 cm³/mol. The summed E-state index contributed by atoms with van der Waals surface area (Å²) in [5.41, 5.74) is 2.05. The van der Waals surface area contributed by atoms with Gasteiger partial charge in [0.05, 0.1) is 25.7 Å². The third-order valence-electron chi connectivity index (χ3n) is 4.27. The van der Waals surface area contributed by atoms with Gasteiger partial charge in [-0.1, -0.05) is 29.8 Å². The molecule has 0 aliphatic rings. The van der Waals surface area contributed by atoms with Crippen molar-refractivity contribution < 1.29 is 4.90 Å². The second kappa shape index (κ2) is 9.67. The van der Waals surface area contributed by atoms with E-state index in [0.29, 0.717) is 6.54 Å². The monoisotopic (exact) mass is 375 g/mol. The number of nitrogens with zero attached hydrogens (tertiary/aromatic N) is 3. The molecule has 1 unspecified atom stereocenters. The Bertz CT molecular complexity index is 746. The number of halogens is 1. The van der Waals surface area contributed by atoms with Crippen LogP contribution in [0.5, 0.6) is 0 Å². The molecule has 0 fully saturated rings. The van der Waals surface area contributed by atoms with Crippen molar-refractivity contribution in [3.05, 3.63) is 50.9 Å². The van der Waals surface area contributed by atoms with Crippen LogP contribution in [0.15, 0.2) is 34.6 Å². The van der Waals surface area contributed by atoms with Crippen LogP contribution in [0, 0.1) is 18.3 Å². The van der Waals surface area contributed by atoms with E-state index in [1.54, 1.807) is 6.21 Å². The number of nitrogens with one attached hydrogen (secondary N) is 1. The van der Waals surface area contributed by atoms with Crippen molar-refractivity contribution in [1.29, 1.82) is 5.26 Å². The Hall–Kier alpha value is -1.74. The topological polar surface area (TPSA) is 53.5 Å². The second-order valence-electron chi connectivity index (χ2n) is 5.89. The molecule has 2 atom stereocenters. The Kier molecular flexibility index (Phi) is 7.57. The smallest absolute Gasteiger partial charge is 0.134 e. The van der Waals surface area contributed by atoms with Gasteiger partial charge in [0.2, 0.25) is 0 Å². The molecule has 0 saturated heterocycles. The molecule has 0 radical (unpaired) electrons. The molecule has 132 valence electrons. The number of rotatable bonds is 8. The zero-order valence-corrected chi connectivity index (χ0v) is 16.4. The van der Waals surface area contributed by atoms with Crippen molar-refractivity contribution in [1.82, 2.24) is 4.98 Å². The number of likely N-dealkylation sites (N-methyl/N-ethyl adjacent to an activating group) is 1. The minimum absolute atomic E-state index is 0.178. The van der Waals surface area contributed by atoms with E-state index < -0.39 is 5.92 Å². The molecule has 0 spiro atoms. The number of nitriles is 1. The molecule has 0 bridgehead atoms. The highest BCUT2D eigenvalue weighted by molar-refractivity contribution is 7.09. The lowest BCUT2D eigenvalue weighted by atomic mass is 10.0. The quantitative estimate of drug-likeness (QED) is 0.718. The average Bonchev–Trinajstić information content (AvgIpc) is 3.05. The van der Waals surface area contributed by atoms with Crippen LogP contribution in [-0.2, 0) is 0 Å². The van der Waals surface area contributed by atoms with Crippen LogP contribution >= 0.6 is 22.9 Å². The molecule has 2 aromatic rings. The lowest BCUT2D eigenvalue weighted by Gasteiger charge is -2.26. The maximum atomic E-state index is 9.42. The van der Waals surface area contributed by atoms with Crippen LogP contribution in [-0.4, -0.2) is 30.8 Å². The molecule has 0 amide bonds. The summed E-state index contributed by atoms with van der Waals surface area (Å²) in [6.07, 6.45) is 1.73. The van der Waals surface area contributed by atoms with Crippen LogP contribution in [0.1, 0.15) is 42.1 Å². The standard InChI is InChI=1S/C19H23ClN4S/c1-4-24(5-2)18(16-8-6-7-9-17(16)20)12-22-11-15(10-21)19-23-14(3)13-25-19/h6-9,11,13,15,18H,4-5,12H2,1-3H3/p+1/t15?,18-/m1/s1. The van der Waals surface area contributed by atoms with Crippen molar-refractivity contribution in [3.8, 4) is 6.07 Å². The van der Waals surface area contributed by atoms with Crippen LogP contribution in [0.4, 0.5) is 0 Å². The molecule has 2 rings (SSSR count). The van der Waals surface area contributed by atoms with Gasteiger partial charge in [0.15, 0.2) is 0 Å². The Labute approximate surface area is 158 Å². The predicted octanol–water partition coefficient (Wildman–Crippen LogP) is 3.45. The van der Waals surface area contributed by atoms with Crippen LogP contribution in [0.3, 0.4) is 0 Å². The number of hydrogen-bond acceptors (Lipinski definition) is 4. The first kappa shape index (κ1) is 19.6. The molecule has 4 nitrogen and oxygen atoms in total. The van der Waals surface area contributed by atoms with E-state index in [1.807, 2.05) is 30.5 Å². The first-order valence-electron chi connectivity index (χ1n) is 8.51. The van der Waals surface area contributed by atoms with Gasteiger partial charge >= 0.3 is 0 Å². The van der Waals surface area contributed by atoms with Crippen LogP contribution in [0.2, 0.25) is 5.02 Å². The van der Waals surface area contributed by atoms with Gasteiger partial charge in [-0.2, -0.15) is 5.26 Å². The Morgan fingerprint density at radius 2 is 2.08 bits per heavy atom. The summed E-state index contributed by atoms with van der Waals surface area (Å²) in [7, 11) is 0. The lowest BCUT2D eigenvalue weighted by molar-refractivity contribution is -0.926. The third kappa shape index (κ3) is 5.12. The number of thiazole rings is 1. The third-order valence-corrected chi connectivity index (χ3v) is 5.66. The van der Waals surface area contributed by atoms with Gasteiger partial charge in [-0.25, -0.2) is 4.98 Å². The summed E-state index contributed by atoms with van der Waals surface area (Å²) in [5.74, 6) is -0.391. The van der Waals surface area contributed by atoms with Gasteiger partial charge in [0, 0.05) is 27.9 Å². The minimum Gasteiger partial charge on any atom is -0.328 e. The zero-order valence-electron chi connectivity index (χ0n) is 14.9. The molecule has 0 saturated carbocycles. The number of benzene rings is 1. The Balaban J connectivity index is 2.19. The maximum absolute atomic E-state index is 9.42. The number of aliphatic imine (C=N–C) groups is 1. The molecule has 0 aliphatic heterocycles. The highest BCUT2D eigenvalue weighted by Crippen LogP contribution is 2.22. The fourth-order valence-electron chi connectivity index (χ4n) is 2.89. The van der Waals surface area contributed by atoms with E-state index in [9.17, 15) is 5.26 Å². The summed E-state index contributed by atoms with van der Waals surface area (Å²) in [6, 6.07) is 10.4. The number of hydrogen-bond donors (Lipinski definition) is 1. The van der Waals surface area contributed by atoms with E-state index in [-0.39, 0.29) is 6.04 Å². The fraction of sp³-hybridized carbons (Fsp3) is 0.421. The van der Waals surface area contributed by atoms with Crippen molar-refractivity contribution >= 4 is 29.2 Å². The van der Waals surface area contributed by atoms with Gasteiger partial charge in [-0.05, 0) is 26.8 Å². The highest BCUT2D eigenvalue weighted by Gasteiger charge is 2.23. The van der Waals surface area contributed by atoms with Crippen molar-refractivity contribution in [2.24, 2.45) is 4.99 Å². The Morgan fingerprint density at radius 1 is 1.36 bits per heavy atom.